The number of nitrogens with zero attached hydrogens (tertiary/aromatic N) is 1. The van der Waals surface area contributed by atoms with E-state index in [1.54, 1.807) is 18.2 Å². The van der Waals surface area contributed by atoms with E-state index in [2.05, 4.69) is 37.2 Å². The van der Waals surface area contributed by atoms with Crippen molar-refractivity contribution < 1.29 is 14.4 Å². The maximum atomic E-state index is 12.9. The van der Waals surface area contributed by atoms with Gasteiger partial charge in [0.15, 0.2) is 0 Å². The van der Waals surface area contributed by atoms with Gasteiger partial charge in [0.05, 0.1) is 22.5 Å². The molecule has 2 aliphatic carbocycles. The van der Waals surface area contributed by atoms with Crippen molar-refractivity contribution in [2.75, 3.05) is 11.9 Å². The zero-order valence-electron chi connectivity index (χ0n) is 16.1. The number of likely N-dealkylation sites (tertiary alicyclic amines) is 1. The zero-order chi connectivity index (χ0) is 21.6. The van der Waals surface area contributed by atoms with Crippen LogP contribution in [-0.2, 0) is 14.4 Å². The number of nitrogens with one attached hydrogen (secondary N) is 1. The lowest BCUT2D eigenvalue weighted by Gasteiger charge is -2.28. The smallest absolute Gasteiger partial charge is 0.233 e. The second kappa shape index (κ2) is 9.08. The maximum Gasteiger partial charge on any atom is 0.233 e. The zero-order valence-corrected chi connectivity index (χ0v) is 20.8. The molecule has 1 heterocycles. The van der Waals surface area contributed by atoms with Gasteiger partial charge in [-0.3, -0.25) is 19.3 Å². The average molecular weight is 581 g/mol. The molecule has 2 bridgehead atoms. The van der Waals surface area contributed by atoms with Gasteiger partial charge in [0.2, 0.25) is 17.7 Å². The molecule has 1 saturated heterocycles. The number of anilines is 1. The Morgan fingerprint density at radius 1 is 1.03 bits per heavy atom. The molecule has 9 heteroatoms. The van der Waals surface area contributed by atoms with E-state index in [1.165, 1.54) is 4.90 Å². The third-order valence-electron chi connectivity index (χ3n) is 6.57. The van der Waals surface area contributed by atoms with E-state index in [0.29, 0.717) is 41.5 Å². The highest BCUT2D eigenvalue weighted by molar-refractivity contribution is 9.12. The number of rotatable bonds is 7. The molecule has 0 unspecified atom stereocenters. The molecule has 2 saturated carbocycles. The highest BCUT2D eigenvalue weighted by Crippen LogP contribution is 2.60. The molecule has 3 fully saturated rings. The van der Waals surface area contributed by atoms with Gasteiger partial charge in [-0.25, -0.2) is 0 Å². The number of carbonyl (C=O) groups is 3. The highest BCUT2D eigenvalue weighted by atomic mass is 79.9. The number of unbranched alkanes of at least 4 members (excludes halogenated alkanes) is 2. The van der Waals surface area contributed by atoms with Crippen LogP contribution < -0.4 is 5.32 Å². The minimum atomic E-state index is -0.157. The van der Waals surface area contributed by atoms with Gasteiger partial charge < -0.3 is 5.32 Å². The molecule has 6 atom stereocenters. The van der Waals surface area contributed by atoms with Crippen molar-refractivity contribution in [1.29, 1.82) is 0 Å². The van der Waals surface area contributed by atoms with Crippen molar-refractivity contribution in [1.82, 2.24) is 4.90 Å². The Morgan fingerprint density at radius 2 is 1.67 bits per heavy atom. The molecule has 1 aromatic carbocycles. The van der Waals surface area contributed by atoms with Gasteiger partial charge in [0.25, 0.3) is 0 Å². The van der Waals surface area contributed by atoms with Crippen LogP contribution in [0.5, 0.6) is 0 Å². The molecule has 4 rings (SSSR count). The second-order valence-electron chi connectivity index (χ2n) is 8.31. The van der Waals surface area contributed by atoms with Crippen molar-refractivity contribution in [3.05, 3.63) is 28.2 Å². The standard InChI is InChI=1S/C21H22Br2Cl2N2O3/c22-18-11-9-12(19(18)23)17-16(11)20(29)27(21(17)30)7-3-1-2-4-15(28)26-14-6-5-10(24)8-13(14)25/h5-6,8,11-12,16-19H,1-4,7,9H2,(H,26,28)/t11-,12-,16-,17+,18-,19+/m1/s1. The predicted molar refractivity (Wildman–Crippen MR) is 124 cm³/mol. The van der Waals surface area contributed by atoms with Crippen LogP contribution in [0.4, 0.5) is 5.69 Å². The Balaban J connectivity index is 1.21. The SMILES string of the molecule is O=C(CCCCCN1C(=O)[C@@H]2[C@H]3C[C@@H]([C@H](Br)[C@@H]3Br)[C@@H]2C1=O)Nc1ccc(Cl)cc1Cl. The van der Waals surface area contributed by atoms with Crippen LogP contribution in [0, 0.1) is 23.7 Å². The summed E-state index contributed by atoms with van der Waals surface area (Å²) in [6.07, 6.45) is 3.45. The lowest BCUT2D eigenvalue weighted by Crippen LogP contribution is -2.37. The fraction of sp³-hybridized carbons (Fsp3) is 0.571. The summed E-state index contributed by atoms with van der Waals surface area (Å²) < 4.78 is 0. The highest BCUT2D eigenvalue weighted by Gasteiger charge is 2.66. The first-order valence-corrected chi connectivity index (χ1v) is 12.8. The lowest BCUT2D eigenvalue weighted by molar-refractivity contribution is -0.140. The molecule has 1 N–H and O–H groups in total. The Kier molecular flexibility index (Phi) is 6.83. The monoisotopic (exact) mass is 578 g/mol. The van der Waals surface area contributed by atoms with Gasteiger partial charge in [-0.15, -0.1) is 0 Å². The van der Waals surface area contributed by atoms with Gasteiger partial charge in [-0.05, 0) is 49.3 Å². The first-order valence-electron chi connectivity index (χ1n) is 10.2. The fourth-order valence-electron chi connectivity index (χ4n) is 5.17. The summed E-state index contributed by atoms with van der Waals surface area (Å²) in [6.45, 7) is 0.439. The van der Waals surface area contributed by atoms with Crippen molar-refractivity contribution >= 4 is 78.5 Å². The Hall–Kier alpha value is -0.630. The van der Waals surface area contributed by atoms with Crippen LogP contribution in [0.25, 0.3) is 0 Å². The van der Waals surface area contributed by atoms with Crippen LogP contribution in [0.3, 0.4) is 0 Å². The van der Waals surface area contributed by atoms with Crippen LogP contribution in [-0.4, -0.2) is 38.8 Å². The van der Waals surface area contributed by atoms with Crippen LogP contribution >= 0.6 is 55.1 Å². The fourth-order valence-corrected chi connectivity index (χ4v) is 7.50. The summed E-state index contributed by atoms with van der Waals surface area (Å²) in [7, 11) is 0. The molecule has 0 spiro atoms. The summed E-state index contributed by atoms with van der Waals surface area (Å²) in [5.41, 5.74) is 0.538. The van der Waals surface area contributed by atoms with E-state index in [0.717, 1.165) is 12.8 Å². The number of imide groups is 1. The summed E-state index contributed by atoms with van der Waals surface area (Å²) in [5, 5.41) is 3.69. The molecule has 5 nitrogen and oxygen atoms in total. The summed E-state index contributed by atoms with van der Waals surface area (Å²) >= 11 is 19.3. The van der Waals surface area contributed by atoms with Gasteiger partial charge in [0, 0.05) is 27.6 Å². The minimum absolute atomic E-state index is 0.00327. The third kappa shape index (κ3) is 4.07. The van der Waals surface area contributed by atoms with Crippen molar-refractivity contribution in [2.24, 2.45) is 23.7 Å². The normalized spacial score (nSPS) is 32.1. The van der Waals surface area contributed by atoms with Gasteiger partial charge in [-0.1, -0.05) is 61.5 Å². The molecule has 3 amide bonds. The molecule has 3 aliphatic rings. The third-order valence-corrected chi connectivity index (χ3v) is 10.3. The van der Waals surface area contributed by atoms with Gasteiger partial charge in [0.1, 0.15) is 0 Å². The molecular weight excluding hydrogens is 559 g/mol. The first-order chi connectivity index (χ1) is 14.3. The Morgan fingerprint density at radius 3 is 2.27 bits per heavy atom. The van der Waals surface area contributed by atoms with E-state index >= 15 is 0 Å². The summed E-state index contributed by atoms with van der Waals surface area (Å²) in [5.74, 6) is 0.0490. The largest absolute Gasteiger partial charge is 0.325 e. The average Bonchev–Trinajstić information content (AvgIpc) is 3.30. The molecular formula is C21H22Br2Cl2N2O3. The molecule has 1 aliphatic heterocycles. The van der Waals surface area contributed by atoms with E-state index in [-0.39, 0.29) is 51.0 Å². The van der Waals surface area contributed by atoms with Gasteiger partial charge >= 0.3 is 0 Å². The van der Waals surface area contributed by atoms with E-state index in [4.69, 9.17) is 23.2 Å². The van der Waals surface area contributed by atoms with Gasteiger partial charge in [-0.2, -0.15) is 0 Å². The number of amides is 3. The van der Waals surface area contributed by atoms with E-state index < -0.39 is 0 Å². The minimum Gasteiger partial charge on any atom is -0.325 e. The van der Waals surface area contributed by atoms with Crippen LogP contribution in [0.15, 0.2) is 18.2 Å². The molecule has 1 aromatic rings. The van der Waals surface area contributed by atoms with E-state index in [9.17, 15) is 14.4 Å². The number of halogens is 4. The van der Waals surface area contributed by atoms with Crippen LogP contribution in [0.2, 0.25) is 10.0 Å². The number of hydrogen-bond acceptors (Lipinski definition) is 3. The summed E-state index contributed by atoms with van der Waals surface area (Å²) in [4.78, 5) is 39.8. The summed E-state index contributed by atoms with van der Waals surface area (Å²) in [6, 6.07) is 4.93. The Labute approximate surface area is 202 Å². The molecule has 0 radical (unpaired) electrons. The first kappa shape index (κ1) is 22.6. The number of alkyl halides is 2. The van der Waals surface area contributed by atoms with Crippen molar-refractivity contribution in [3.8, 4) is 0 Å². The lowest BCUT2D eigenvalue weighted by atomic mass is 9.81. The topological polar surface area (TPSA) is 66.5 Å². The van der Waals surface area contributed by atoms with E-state index in [1.807, 2.05) is 0 Å². The van der Waals surface area contributed by atoms with Crippen LogP contribution in [0.1, 0.15) is 32.1 Å². The number of benzene rings is 1. The predicted octanol–water partition coefficient (Wildman–Crippen LogP) is 5.27. The number of hydrogen-bond donors (Lipinski definition) is 1. The molecule has 0 aromatic heterocycles. The number of carbonyl (C=O) groups excluding carboxylic acids is 3. The number of fused-ring (bicyclic) bond motifs is 5. The molecule has 162 valence electrons. The second-order valence-corrected chi connectivity index (χ2v) is 11.3. The maximum absolute atomic E-state index is 12.9. The quantitative estimate of drug-likeness (QED) is 0.271. The molecule has 30 heavy (non-hydrogen) atoms. The van der Waals surface area contributed by atoms with Crippen molar-refractivity contribution in [3.63, 3.8) is 0 Å². The Bertz CT molecular complexity index is 852. The van der Waals surface area contributed by atoms with Crippen molar-refractivity contribution in [2.45, 2.75) is 41.8 Å².